The Kier molecular flexibility index (Phi) is 7.30. The summed E-state index contributed by atoms with van der Waals surface area (Å²) in [5.41, 5.74) is 0.610. The van der Waals surface area contributed by atoms with Crippen molar-refractivity contribution in [3.05, 3.63) is 17.3 Å². The summed E-state index contributed by atoms with van der Waals surface area (Å²) in [6.07, 6.45) is -0.678. The van der Waals surface area contributed by atoms with E-state index in [1.807, 2.05) is 0 Å². The van der Waals surface area contributed by atoms with Crippen LogP contribution in [0.3, 0.4) is 0 Å². The number of alkyl carbamates (subject to hydrolysis) is 1. The summed E-state index contributed by atoms with van der Waals surface area (Å²) in [6, 6.07) is 3.73. The first-order chi connectivity index (χ1) is 15.2. The Morgan fingerprint density at radius 1 is 1.33 bits per heavy atom. The van der Waals surface area contributed by atoms with Crippen LogP contribution in [0.2, 0.25) is 30.8 Å². The molecule has 1 aromatic heterocycles. The standard InChI is InChI=1S/C22H33ClN4O5Si/c1-22(2,3)32-21(29)24-15-12-31-18-11-16-14(10-17(18)26(4)20(15)28)19(23)25-27(16)13-30-8-9-33(5,6)7/h10-11,15H,8-9,12-13H2,1-7H3,(H,24,29)/t15-/m0/s1. The summed E-state index contributed by atoms with van der Waals surface area (Å²) >= 11 is 6.39. The van der Waals surface area contributed by atoms with Gasteiger partial charge in [-0.25, -0.2) is 9.48 Å². The maximum atomic E-state index is 13.0. The number of ether oxygens (including phenoxy) is 3. The zero-order chi connectivity index (χ0) is 24.6. The van der Waals surface area contributed by atoms with Gasteiger partial charge in [0.05, 0.1) is 11.2 Å². The highest BCUT2D eigenvalue weighted by molar-refractivity contribution is 6.76. The summed E-state index contributed by atoms with van der Waals surface area (Å²) < 4.78 is 18.7. The molecule has 1 atom stereocenters. The van der Waals surface area contributed by atoms with Crippen LogP contribution in [-0.2, 0) is 21.0 Å². The van der Waals surface area contributed by atoms with Gasteiger partial charge in [0.15, 0.2) is 5.15 Å². The third kappa shape index (κ3) is 6.39. The normalized spacial score (nSPS) is 16.9. The quantitative estimate of drug-likeness (QED) is 0.474. The first kappa shape index (κ1) is 25.3. The maximum absolute atomic E-state index is 13.0. The number of hydrogen-bond acceptors (Lipinski definition) is 6. The molecule has 0 unspecified atom stereocenters. The summed E-state index contributed by atoms with van der Waals surface area (Å²) in [4.78, 5) is 26.6. The summed E-state index contributed by atoms with van der Waals surface area (Å²) in [7, 11) is 0.436. The van der Waals surface area contributed by atoms with Crippen molar-refractivity contribution in [2.75, 3.05) is 25.2 Å². The molecule has 3 rings (SSSR count). The van der Waals surface area contributed by atoms with Crippen LogP contribution in [0.15, 0.2) is 12.1 Å². The van der Waals surface area contributed by atoms with Gasteiger partial charge in [0.2, 0.25) is 0 Å². The van der Waals surface area contributed by atoms with Gasteiger partial charge in [0.1, 0.15) is 30.7 Å². The van der Waals surface area contributed by atoms with Crippen LogP contribution < -0.4 is 15.0 Å². The first-order valence-corrected chi connectivity index (χ1v) is 15.0. The molecule has 2 aromatic rings. The summed E-state index contributed by atoms with van der Waals surface area (Å²) in [6.45, 7) is 13.1. The highest BCUT2D eigenvalue weighted by Gasteiger charge is 2.32. The SMILES string of the molecule is CN1C(=O)[C@@H](NC(=O)OC(C)(C)C)COc2cc3c(cc21)c(Cl)nn3COCC[Si](C)(C)C. The fourth-order valence-corrected chi connectivity index (χ4v) is 4.31. The molecule has 1 aliphatic heterocycles. The Bertz CT molecular complexity index is 1040. The van der Waals surface area contributed by atoms with Crippen molar-refractivity contribution in [2.24, 2.45) is 0 Å². The van der Waals surface area contributed by atoms with Crippen LogP contribution in [0.4, 0.5) is 10.5 Å². The van der Waals surface area contributed by atoms with E-state index in [0.29, 0.717) is 28.6 Å². The van der Waals surface area contributed by atoms with Crippen molar-refractivity contribution in [3.63, 3.8) is 0 Å². The lowest BCUT2D eigenvalue weighted by Gasteiger charge is -2.23. The molecule has 0 radical (unpaired) electrons. The first-order valence-electron chi connectivity index (χ1n) is 10.9. The number of rotatable bonds is 6. The Morgan fingerprint density at radius 2 is 2.03 bits per heavy atom. The molecule has 2 heterocycles. The molecule has 0 saturated heterocycles. The molecule has 0 bridgehead atoms. The third-order valence-corrected chi connectivity index (χ3v) is 7.07. The summed E-state index contributed by atoms with van der Waals surface area (Å²) in [5.74, 6) is 0.170. The second-order valence-electron chi connectivity index (χ2n) is 10.4. The maximum Gasteiger partial charge on any atom is 0.408 e. The minimum absolute atomic E-state index is 0.0322. The minimum atomic E-state index is -1.19. The number of amides is 2. The highest BCUT2D eigenvalue weighted by atomic mass is 35.5. The molecule has 11 heteroatoms. The Labute approximate surface area is 200 Å². The van der Waals surface area contributed by atoms with Crippen LogP contribution in [-0.4, -0.2) is 61.8 Å². The Hall–Kier alpha value is -2.30. The van der Waals surface area contributed by atoms with Gasteiger partial charge in [-0.15, -0.1) is 0 Å². The number of aromatic nitrogens is 2. The van der Waals surface area contributed by atoms with Crippen LogP contribution in [0, 0.1) is 0 Å². The fourth-order valence-electron chi connectivity index (χ4n) is 3.31. The second-order valence-corrected chi connectivity index (χ2v) is 16.4. The number of benzene rings is 1. The van der Waals surface area contributed by atoms with Gasteiger partial charge >= 0.3 is 6.09 Å². The van der Waals surface area contributed by atoms with Crippen LogP contribution in [0.25, 0.3) is 10.9 Å². The van der Waals surface area contributed by atoms with Crippen molar-refractivity contribution < 1.29 is 23.8 Å². The van der Waals surface area contributed by atoms with Gasteiger partial charge in [-0.2, -0.15) is 5.10 Å². The Balaban J connectivity index is 1.80. The van der Waals surface area contributed by atoms with Gasteiger partial charge in [-0.3, -0.25) is 4.79 Å². The van der Waals surface area contributed by atoms with Gasteiger partial charge in [-0.05, 0) is 32.9 Å². The van der Waals surface area contributed by atoms with Crippen molar-refractivity contribution >= 4 is 48.3 Å². The average Bonchev–Trinajstić information content (AvgIpc) is 2.93. The molecular weight excluding hydrogens is 464 g/mol. The second kappa shape index (κ2) is 9.52. The van der Waals surface area contributed by atoms with Crippen LogP contribution in [0.1, 0.15) is 20.8 Å². The molecule has 0 fully saturated rings. The van der Waals surface area contributed by atoms with Gasteiger partial charge in [-0.1, -0.05) is 31.2 Å². The largest absolute Gasteiger partial charge is 0.489 e. The molecule has 182 valence electrons. The average molecular weight is 497 g/mol. The van der Waals surface area contributed by atoms with Gasteiger partial charge in [0, 0.05) is 33.2 Å². The number of fused-ring (bicyclic) bond motifs is 2. The predicted octanol–water partition coefficient (Wildman–Crippen LogP) is 4.25. The van der Waals surface area contributed by atoms with E-state index in [1.165, 1.54) is 4.90 Å². The number of nitrogens with one attached hydrogen (secondary N) is 1. The lowest BCUT2D eigenvalue weighted by Crippen LogP contribution is -2.50. The predicted molar refractivity (Wildman–Crippen MR) is 131 cm³/mol. The fraction of sp³-hybridized carbons (Fsp3) is 0.591. The van der Waals surface area contributed by atoms with E-state index in [4.69, 9.17) is 25.8 Å². The van der Waals surface area contributed by atoms with Crippen molar-refractivity contribution in [2.45, 2.75) is 64.8 Å². The van der Waals surface area contributed by atoms with Crippen molar-refractivity contribution in [1.82, 2.24) is 15.1 Å². The number of carbonyl (C=O) groups excluding carboxylic acids is 2. The molecule has 0 spiro atoms. The lowest BCUT2D eigenvalue weighted by atomic mass is 10.2. The molecule has 1 aromatic carbocycles. The molecule has 1 aliphatic rings. The molecule has 9 nitrogen and oxygen atoms in total. The molecule has 2 amide bonds. The van der Waals surface area contributed by atoms with E-state index in [-0.39, 0.29) is 19.2 Å². The van der Waals surface area contributed by atoms with Crippen molar-refractivity contribution in [1.29, 1.82) is 0 Å². The van der Waals surface area contributed by atoms with E-state index >= 15 is 0 Å². The molecule has 0 saturated carbocycles. The molecule has 1 N–H and O–H groups in total. The highest BCUT2D eigenvalue weighted by Crippen LogP contribution is 2.37. The number of hydrogen-bond donors (Lipinski definition) is 1. The lowest BCUT2D eigenvalue weighted by molar-refractivity contribution is -0.120. The smallest absolute Gasteiger partial charge is 0.408 e. The summed E-state index contributed by atoms with van der Waals surface area (Å²) in [5, 5.41) is 7.99. The number of anilines is 1. The topological polar surface area (TPSA) is 94.9 Å². The van der Waals surface area contributed by atoms with Gasteiger partial charge in [0.25, 0.3) is 5.91 Å². The third-order valence-electron chi connectivity index (χ3n) is 5.08. The van der Waals surface area contributed by atoms with Gasteiger partial charge < -0.3 is 24.4 Å². The Morgan fingerprint density at radius 3 is 2.67 bits per heavy atom. The van der Waals surface area contributed by atoms with E-state index in [0.717, 1.165) is 11.6 Å². The van der Waals surface area contributed by atoms with E-state index < -0.39 is 25.8 Å². The monoisotopic (exact) mass is 496 g/mol. The number of nitrogens with zero attached hydrogens (tertiary/aromatic N) is 3. The molecule has 0 aliphatic carbocycles. The number of carbonyl (C=O) groups is 2. The minimum Gasteiger partial charge on any atom is -0.489 e. The number of halogens is 1. The van der Waals surface area contributed by atoms with E-state index in [2.05, 4.69) is 30.1 Å². The van der Waals surface area contributed by atoms with E-state index in [9.17, 15) is 9.59 Å². The molecule has 33 heavy (non-hydrogen) atoms. The van der Waals surface area contributed by atoms with Crippen LogP contribution >= 0.6 is 11.6 Å². The molecular formula is C22H33ClN4O5Si. The zero-order valence-electron chi connectivity index (χ0n) is 20.3. The van der Waals surface area contributed by atoms with Crippen LogP contribution in [0.5, 0.6) is 5.75 Å². The van der Waals surface area contributed by atoms with E-state index in [1.54, 1.807) is 44.6 Å². The zero-order valence-corrected chi connectivity index (χ0v) is 22.1. The number of likely N-dealkylation sites (N-methyl/N-ethyl adjacent to an activating group) is 1. The van der Waals surface area contributed by atoms with Crippen molar-refractivity contribution in [3.8, 4) is 5.75 Å².